The van der Waals surface area contributed by atoms with Gasteiger partial charge in [0.1, 0.15) is 5.69 Å². The number of ether oxygens (including phenoxy) is 1. The number of Topliss-reactive ketones (excluding diaryl/α,β-unsaturated/α-hetero) is 1. The number of hydrogen-bond donors (Lipinski definition) is 1. The first kappa shape index (κ1) is 12.9. The number of rotatable bonds is 3. The van der Waals surface area contributed by atoms with Gasteiger partial charge in [-0.1, -0.05) is 6.92 Å². The van der Waals surface area contributed by atoms with Crippen LogP contribution < -0.4 is 0 Å². The Morgan fingerprint density at radius 2 is 2.17 bits per heavy atom. The van der Waals surface area contributed by atoms with E-state index in [1.807, 2.05) is 20.8 Å². The van der Waals surface area contributed by atoms with E-state index < -0.39 is 0 Å². The van der Waals surface area contributed by atoms with E-state index in [0.29, 0.717) is 17.7 Å². The fraction of sp³-hybridized carbons (Fsp3) is 0.571. The number of nitrogens with one attached hydrogen (secondary N) is 1. The molecule has 2 rings (SSSR count). The van der Waals surface area contributed by atoms with E-state index in [1.165, 1.54) is 0 Å². The zero-order valence-electron chi connectivity index (χ0n) is 11.1. The second kappa shape index (κ2) is 4.96. The minimum absolute atomic E-state index is 0.104. The van der Waals surface area contributed by atoms with Crippen LogP contribution in [0.1, 0.15) is 65.2 Å². The summed E-state index contributed by atoms with van der Waals surface area (Å²) in [4.78, 5) is 26.9. The minimum atomic E-state index is -0.357. The molecular weight excluding hydrogens is 230 g/mol. The summed E-state index contributed by atoms with van der Waals surface area (Å²) in [5, 5.41) is 0. The summed E-state index contributed by atoms with van der Waals surface area (Å²) in [5.41, 5.74) is 2.77. The molecule has 0 radical (unpaired) electrons. The third kappa shape index (κ3) is 2.19. The van der Waals surface area contributed by atoms with Crippen LogP contribution in [0.3, 0.4) is 0 Å². The number of ketones is 1. The molecule has 4 heteroatoms. The van der Waals surface area contributed by atoms with E-state index in [-0.39, 0.29) is 17.9 Å². The smallest absolute Gasteiger partial charge is 0.355 e. The van der Waals surface area contributed by atoms with E-state index in [4.69, 9.17) is 4.74 Å². The maximum Gasteiger partial charge on any atom is 0.355 e. The standard InChI is InChI=1S/C14H19NO3/c1-4-8(2)18-14(17)13-9(3)12-10(15-13)6-5-7-11(12)16/h8,15H,4-7H2,1-3H3/t8-/m1/s1. The molecule has 1 aliphatic carbocycles. The molecule has 0 bridgehead atoms. The van der Waals surface area contributed by atoms with Crippen LogP contribution in [0, 0.1) is 6.92 Å². The molecule has 0 saturated carbocycles. The van der Waals surface area contributed by atoms with Gasteiger partial charge < -0.3 is 9.72 Å². The van der Waals surface area contributed by atoms with Crippen LogP contribution in [0.4, 0.5) is 0 Å². The molecule has 1 aromatic heterocycles. The predicted octanol–water partition coefficient (Wildman–Crippen LogP) is 2.80. The summed E-state index contributed by atoms with van der Waals surface area (Å²) in [7, 11) is 0. The SMILES string of the molecule is CC[C@@H](C)OC(=O)c1[nH]c2c(c1C)C(=O)CCC2. The van der Waals surface area contributed by atoms with Gasteiger partial charge in [-0.05, 0) is 38.7 Å². The summed E-state index contributed by atoms with van der Waals surface area (Å²) in [6.45, 7) is 5.64. The molecule has 0 saturated heterocycles. The van der Waals surface area contributed by atoms with Gasteiger partial charge in [-0.3, -0.25) is 4.79 Å². The van der Waals surface area contributed by atoms with Crippen molar-refractivity contribution < 1.29 is 14.3 Å². The molecule has 1 N–H and O–H groups in total. The average Bonchev–Trinajstić information content (AvgIpc) is 2.68. The zero-order valence-corrected chi connectivity index (χ0v) is 11.1. The number of aryl methyl sites for hydroxylation is 1. The van der Waals surface area contributed by atoms with Gasteiger partial charge in [-0.2, -0.15) is 0 Å². The number of aromatic nitrogens is 1. The normalized spacial score (nSPS) is 16.3. The maximum atomic E-state index is 12.0. The fourth-order valence-electron chi connectivity index (χ4n) is 2.30. The molecule has 98 valence electrons. The van der Waals surface area contributed by atoms with Crippen LogP contribution in [-0.2, 0) is 11.2 Å². The van der Waals surface area contributed by atoms with E-state index in [9.17, 15) is 9.59 Å². The lowest BCUT2D eigenvalue weighted by molar-refractivity contribution is 0.0327. The molecule has 18 heavy (non-hydrogen) atoms. The largest absolute Gasteiger partial charge is 0.458 e. The van der Waals surface area contributed by atoms with Crippen LogP contribution >= 0.6 is 0 Å². The van der Waals surface area contributed by atoms with Gasteiger partial charge in [0.05, 0.1) is 6.10 Å². The van der Waals surface area contributed by atoms with Crippen LogP contribution in [0.25, 0.3) is 0 Å². The Balaban J connectivity index is 2.30. The quantitative estimate of drug-likeness (QED) is 0.838. The number of hydrogen-bond acceptors (Lipinski definition) is 3. The van der Waals surface area contributed by atoms with Crippen molar-refractivity contribution in [3.05, 3.63) is 22.5 Å². The van der Waals surface area contributed by atoms with Crippen molar-refractivity contribution in [3.8, 4) is 0 Å². The average molecular weight is 249 g/mol. The molecule has 1 atom stereocenters. The van der Waals surface area contributed by atoms with Crippen LogP contribution in [-0.4, -0.2) is 22.8 Å². The summed E-state index contributed by atoms with van der Waals surface area (Å²) < 4.78 is 5.30. The fourth-order valence-corrected chi connectivity index (χ4v) is 2.30. The maximum absolute atomic E-state index is 12.0. The summed E-state index contributed by atoms with van der Waals surface area (Å²) in [6.07, 6.45) is 2.94. The highest BCUT2D eigenvalue weighted by Crippen LogP contribution is 2.27. The van der Waals surface area contributed by atoms with Crippen LogP contribution in [0.15, 0.2) is 0 Å². The molecule has 4 nitrogen and oxygen atoms in total. The van der Waals surface area contributed by atoms with Crippen LogP contribution in [0.2, 0.25) is 0 Å². The minimum Gasteiger partial charge on any atom is -0.458 e. The summed E-state index contributed by atoms with van der Waals surface area (Å²) in [5.74, 6) is -0.225. The van der Waals surface area contributed by atoms with Gasteiger partial charge in [0.2, 0.25) is 0 Å². The molecule has 0 unspecified atom stereocenters. The van der Waals surface area contributed by atoms with Crippen molar-refractivity contribution in [1.82, 2.24) is 4.98 Å². The van der Waals surface area contributed by atoms with Crippen molar-refractivity contribution in [3.63, 3.8) is 0 Å². The Labute approximate surface area is 107 Å². The van der Waals surface area contributed by atoms with Gasteiger partial charge in [0.15, 0.2) is 5.78 Å². The Morgan fingerprint density at radius 1 is 1.44 bits per heavy atom. The van der Waals surface area contributed by atoms with E-state index in [0.717, 1.165) is 30.5 Å². The third-order valence-corrected chi connectivity index (χ3v) is 3.52. The first-order chi connectivity index (χ1) is 8.54. The number of fused-ring (bicyclic) bond motifs is 1. The van der Waals surface area contributed by atoms with Gasteiger partial charge >= 0.3 is 5.97 Å². The molecule has 0 aliphatic heterocycles. The molecule has 0 fully saturated rings. The lowest BCUT2D eigenvalue weighted by Gasteiger charge is -2.10. The molecule has 1 heterocycles. The highest BCUT2D eigenvalue weighted by Gasteiger charge is 2.27. The second-order valence-corrected chi connectivity index (χ2v) is 4.88. The number of carbonyl (C=O) groups excluding carboxylic acids is 2. The molecular formula is C14H19NO3. The van der Waals surface area contributed by atoms with Crippen molar-refractivity contribution in [1.29, 1.82) is 0 Å². The highest BCUT2D eigenvalue weighted by molar-refractivity contribution is 6.03. The predicted molar refractivity (Wildman–Crippen MR) is 68.0 cm³/mol. The van der Waals surface area contributed by atoms with E-state index in [1.54, 1.807) is 0 Å². The molecule has 1 aromatic rings. The lowest BCUT2D eigenvalue weighted by Crippen LogP contribution is -2.15. The van der Waals surface area contributed by atoms with Crippen molar-refractivity contribution >= 4 is 11.8 Å². The Hall–Kier alpha value is -1.58. The topological polar surface area (TPSA) is 59.2 Å². The van der Waals surface area contributed by atoms with Crippen molar-refractivity contribution in [2.75, 3.05) is 0 Å². The van der Waals surface area contributed by atoms with Gasteiger partial charge in [0.25, 0.3) is 0 Å². The molecule has 1 aliphatic rings. The number of carbonyl (C=O) groups is 2. The Morgan fingerprint density at radius 3 is 2.78 bits per heavy atom. The zero-order chi connectivity index (χ0) is 13.3. The van der Waals surface area contributed by atoms with Crippen molar-refractivity contribution in [2.24, 2.45) is 0 Å². The summed E-state index contributed by atoms with van der Waals surface area (Å²) >= 11 is 0. The lowest BCUT2D eigenvalue weighted by atomic mass is 9.94. The van der Waals surface area contributed by atoms with Gasteiger partial charge in [-0.25, -0.2) is 4.79 Å². The number of esters is 1. The number of H-pyrrole nitrogens is 1. The molecule has 0 spiro atoms. The first-order valence-corrected chi connectivity index (χ1v) is 6.50. The summed E-state index contributed by atoms with van der Waals surface area (Å²) in [6, 6.07) is 0. The second-order valence-electron chi connectivity index (χ2n) is 4.88. The van der Waals surface area contributed by atoms with E-state index in [2.05, 4.69) is 4.98 Å². The van der Waals surface area contributed by atoms with Crippen molar-refractivity contribution in [2.45, 2.75) is 52.6 Å². The molecule has 0 aromatic carbocycles. The monoisotopic (exact) mass is 249 g/mol. The van der Waals surface area contributed by atoms with Crippen LogP contribution in [0.5, 0.6) is 0 Å². The van der Waals surface area contributed by atoms with Gasteiger partial charge in [0, 0.05) is 17.7 Å². The Bertz CT molecular complexity index is 487. The third-order valence-electron chi connectivity index (χ3n) is 3.52. The van der Waals surface area contributed by atoms with Gasteiger partial charge in [-0.15, -0.1) is 0 Å². The highest BCUT2D eigenvalue weighted by atomic mass is 16.5. The Kier molecular flexibility index (Phi) is 3.55. The molecule has 0 amide bonds. The number of aromatic amines is 1. The van der Waals surface area contributed by atoms with E-state index >= 15 is 0 Å². The first-order valence-electron chi connectivity index (χ1n) is 6.50.